The van der Waals surface area contributed by atoms with Crippen LogP contribution in [0, 0.1) is 0 Å². The highest BCUT2D eigenvalue weighted by molar-refractivity contribution is 6.39. The number of anilines is 2. The van der Waals surface area contributed by atoms with Gasteiger partial charge in [0.1, 0.15) is 16.9 Å². The molecule has 2 saturated heterocycles. The third kappa shape index (κ3) is 8.35. The van der Waals surface area contributed by atoms with Crippen LogP contribution in [0.4, 0.5) is 11.4 Å². The molecule has 2 aromatic heterocycles. The Balaban J connectivity index is 0.000000177. The standard InChI is InChI=1S/C21H19ClN2O5.C20H15Cl3N2O4/c1-28-14-4-2-3-13(11-14)20(25)24-9-7-23(8-10-24)16-5-6-17-15(19(16)22)12-18(29-17)21(26)27;21-11-1-2-14(22)12(9-11)19(26)25-7-5-24(6-8-25)15-3-4-16-13(18(15)23)10-17(29-16)20(27)28/h2-6,11-12H,7-10H2,1H3,(H,26,27);1-4,9-10H,5-8H2,(H,27,28). The van der Waals surface area contributed by atoms with E-state index in [0.29, 0.717) is 111 Å². The maximum Gasteiger partial charge on any atom is 0.371 e. The smallest absolute Gasteiger partial charge is 0.371 e. The fraction of sp³-hybridized carbons (Fsp3) is 0.220. The molecule has 13 nitrogen and oxygen atoms in total. The molecule has 0 saturated carbocycles. The molecule has 2 N–H and O–H groups in total. The van der Waals surface area contributed by atoms with Gasteiger partial charge in [0, 0.05) is 85.8 Å². The largest absolute Gasteiger partial charge is 0.497 e. The average Bonchev–Trinajstić information content (AvgIpc) is 3.89. The molecule has 2 fully saturated rings. The van der Waals surface area contributed by atoms with Gasteiger partial charge in [-0.2, -0.15) is 0 Å². The van der Waals surface area contributed by atoms with Crippen molar-refractivity contribution in [3.63, 3.8) is 0 Å². The molecule has 58 heavy (non-hydrogen) atoms. The van der Waals surface area contributed by atoms with E-state index in [9.17, 15) is 19.2 Å². The van der Waals surface area contributed by atoms with E-state index in [4.69, 9.17) is 70.2 Å². The fourth-order valence-electron chi connectivity index (χ4n) is 6.90. The molecule has 0 aliphatic carbocycles. The predicted molar refractivity (Wildman–Crippen MR) is 222 cm³/mol. The Kier molecular flexibility index (Phi) is 12.0. The first-order valence-electron chi connectivity index (χ1n) is 17.9. The molecule has 17 heteroatoms. The lowest BCUT2D eigenvalue weighted by Crippen LogP contribution is -2.49. The van der Waals surface area contributed by atoms with E-state index < -0.39 is 11.9 Å². The zero-order valence-corrected chi connectivity index (χ0v) is 33.7. The van der Waals surface area contributed by atoms with Crippen molar-refractivity contribution >= 4 is 103 Å². The molecule has 4 heterocycles. The third-order valence-electron chi connectivity index (χ3n) is 9.94. The predicted octanol–water partition coefficient (Wildman–Crippen LogP) is 8.81. The monoisotopic (exact) mass is 866 g/mol. The van der Waals surface area contributed by atoms with Crippen LogP contribution in [0.25, 0.3) is 21.9 Å². The molecule has 0 spiro atoms. The van der Waals surface area contributed by atoms with Crippen molar-refractivity contribution in [3.8, 4) is 5.75 Å². The average molecular weight is 869 g/mol. The van der Waals surface area contributed by atoms with E-state index in [1.807, 2.05) is 6.07 Å². The summed E-state index contributed by atoms with van der Waals surface area (Å²) in [6.07, 6.45) is 0. The molecule has 8 rings (SSSR count). The quantitative estimate of drug-likeness (QED) is 0.158. The number of hydrogen-bond donors (Lipinski definition) is 2. The van der Waals surface area contributed by atoms with Crippen LogP contribution in [0.1, 0.15) is 41.8 Å². The highest BCUT2D eigenvalue weighted by atomic mass is 35.5. The normalized spacial score (nSPS) is 14.4. The Hall–Kier alpha value is -5.60. The van der Waals surface area contributed by atoms with Crippen LogP contribution in [0.15, 0.2) is 87.7 Å². The van der Waals surface area contributed by atoms with Gasteiger partial charge in [0.25, 0.3) is 11.8 Å². The van der Waals surface area contributed by atoms with Gasteiger partial charge in [0.15, 0.2) is 0 Å². The van der Waals surface area contributed by atoms with Gasteiger partial charge in [0.2, 0.25) is 11.5 Å². The maximum absolute atomic E-state index is 12.8. The van der Waals surface area contributed by atoms with Gasteiger partial charge in [0.05, 0.1) is 39.1 Å². The van der Waals surface area contributed by atoms with Crippen LogP contribution in [0.2, 0.25) is 20.1 Å². The Morgan fingerprint density at radius 3 is 1.59 bits per heavy atom. The number of halogens is 4. The van der Waals surface area contributed by atoms with Crippen LogP contribution in [0.5, 0.6) is 5.75 Å². The second-order valence-corrected chi connectivity index (χ2v) is 15.0. The number of rotatable bonds is 7. The molecule has 0 radical (unpaired) electrons. The number of fused-ring (bicyclic) bond motifs is 2. The lowest BCUT2D eigenvalue weighted by Gasteiger charge is -2.36. The van der Waals surface area contributed by atoms with Gasteiger partial charge in [-0.3, -0.25) is 9.59 Å². The van der Waals surface area contributed by atoms with Crippen molar-refractivity contribution in [2.75, 3.05) is 69.3 Å². The number of methoxy groups -OCH3 is 1. The van der Waals surface area contributed by atoms with Crippen LogP contribution < -0.4 is 14.5 Å². The summed E-state index contributed by atoms with van der Waals surface area (Å²) in [7, 11) is 1.57. The molecular weight excluding hydrogens is 834 g/mol. The van der Waals surface area contributed by atoms with Crippen molar-refractivity contribution in [1.82, 2.24) is 9.80 Å². The van der Waals surface area contributed by atoms with Crippen LogP contribution >= 0.6 is 46.4 Å². The van der Waals surface area contributed by atoms with E-state index >= 15 is 0 Å². The second kappa shape index (κ2) is 17.1. The van der Waals surface area contributed by atoms with Crippen LogP contribution in [-0.4, -0.2) is 103 Å². The molecule has 0 unspecified atom stereocenters. The summed E-state index contributed by atoms with van der Waals surface area (Å²) in [5.41, 5.74) is 3.39. The first kappa shape index (κ1) is 40.6. The lowest BCUT2D eigenvalue weighted by atomic mass is 10.1. The number of ether oxygens (including phenoxy) is 1. The van der Waals surface area contributed by atoms with Gasteiger partial charge in [-0.25, -0.2) is 9.59 Å². The van der Waals surface area contributed by atoms with Crippen molar-refractivity contribution in [1.29, 1.82) is 0 Å². The molecule has 4 aromatic carbocycles. The molecule has 0 atom stereocenters. The van der Waals surface area contributed by atoms with Gasteiger partial charge in [-0.05, 0) is 60.7 Å². The number of nitrogens with zero attached hydrogens (tertiary/aromatic N) is 4. The summed E-state index contributed by atoms with van der Waals surface area (Å²) in [5, 5.41) is 21.0. The van der Waals surface area contributed by atoms with Crippen molar-refractivity contribution < 1.29 is 43.0 Å². The highest BCUT2D eigenvalue weighted by Crippen LogP contribution is 2.37. The van der Waals surface area contributed by atoms with E-state index in [0.717, 1.165) is 11.4 Å². The number of aromatic carboxylic acids is 2. The fourth-order valence-corrected chi connectivity index (χ4v) is 7.93. The summed E-state index contributed by atoms with van der Waals surface area (Å²) in [6, 6.07) is 21.8. The number of benzene rings is 4. The summed E-state index contributed by atoms with van der Waals surface area (Å²) in [4.78, 5) is 55.5. The number of furan rings is 2. The number of amides is 2. The molecule has 2 amide bonds. The first-order chi connectivity index (χ1) is 27.8. The second-order valence-electron chi connectivity index (χ2n) is 13.4. The van der Waals surface area contributed by atoms with Crippen molar-refractivity contribution in [3.05, 3.63) is 122 Å². The number of carboxylic acids is 2. The van der Waals surface area contributed by atoms with Crippen molar-refractivity contribution in [2.24, 2.45) is 0 Å². The molecule has 6 aromatic rings. The highest BCUT2D eigenvalue weighted by Gasteiger charge is 2.27. The molecule has 2 aliphatic heterocycles. The molecule has 300 valence electrons. The third-order valence-corrected chi connectivity index (χ3v) is 11.3. The minimum Gasteiger partial charge on any atom is -0.497 e. The Bertz CT molecular complexity index is 2560. The molecule has 0 bridgehead atoms. The van der Waals surface area contributed by atoms with E-state index in [1.165, 1.54) is 12.1 Å². The minimum absolute atomic E-state index is 0.0361. The number of carbonyl (C=O) groups is 4. The molecular formula is C41H34Cl4N4O9. The zero-order chi connectivity index (χ0) is 41.2. The van der Waals surface area contributed by atoms with E-state index in [1.54, 1.807) is 77.6 Å². The van der Waals surface area contributed by atoms with Crippen molar-refractivity contribution in [2.45, 2.75) is 0 Å². The number of piperazine rings is 2. The first-order valence-corrected chi connectivity index (χ1v) is 19.4. The minimum atomic E-state index is -1.15. The Morgan fingerprint density at radius 1 is 0.603 bits per heavy atom. The van der Waals surface area contributed by atoms with Gasteiger partial charge < -0.3 is 43.4 Å². The number of hydrogen-bond acceptors (Lipinski definition) is 9. The number of carbonyl (C=O) groups excluding carboxylic acids is 2. The summed E-state index contributed by atoms with van der Waals surface area (Å²) in [6.45, 7) is 4.45. The molecule has 2 aliphatic rings. The summed E-state index contributed by atoms with van der Waals surface area (Å²) in [5.74, 6) is -2.14. The topological polar surface area (TPSA) is 157 Å². The maximum atomic E-state index is 12.8. The Morgan fingerprint density at radius 2 is 1.10 bits per heavy atom. The summed E-state index contributed by atoms with van der Waals surface area (Å²) >= 11 is 25.2. The van der Waals surface area contributed by atoms with E-state index in [2.05, 4.69) is 9.80 Å². The Labute approximate surface area is 351 Å². The zero-order valence-electron chi connectivity index (χ0n) is 30.7. The SMILES string of the molecule is COc1cccc(C(=O)N2CCN(c3ccc4oc(C(=O)O)cc4c3Cl)CC2)c1.O=C(O)c1cc2c(Cl)c(N3CCN(C(=O)c4cc(Cl)ccc4Cl)CC3)ccc2o1. The lowest BCUT2D eigenvalue weighted by molar-refractivity contribution is 0.0655. The van der Waals surface area contributed by atoms with Gasteiger partial charge in [-0.15, -0.1) is 0 Å². The van der Waals surface area contributed by atoms with Crippen LogP contribution in [-0.2, 0) is 0 Å². The van der Waals surface area contributed by atoms with Gasteiger partial charge >= 0.3 is 11.9 Å². The number of carboxylic acid groups (broad SMARTS) is 2. The van der Waals surface area contributed by atoms with Gasteiger partial charge in [-0.1, -0.05) is 52.5 Å². The summed E-state index contributed by atoms with van der Waals surface area (Å²) < 4.78 is 15.8. The van der Waals surface area contributed by atoms with E-state index in [-0.39, 0.29) is 23.3 Å². The van der Waals surface area contributed by atoms with Crippen LogP contribution in [0.3, 0.4) is 0 Å².